The van der Waals surface area contributed by atoms with Crippen LogP contribution in [0, 0.1) is 6.92 Å². The maximum absolute atomic E-state index is 5.98. The van der Waals surface area contributed by atoms with Crippen molar-refractivity contribution < 1.29 is 4.62 Å². The third-order valence-corrected chi connectivity index (χ3v) is 6.23. The van der Waals surface area contributed by atoms with Crippen LogP contribution in [0.2, 0.25) is 0 Å². The van der Waals surface area contributed by atoms with Gasteiger partial charge in [-0.1, -0.05) is 30.3 Å². The Bertz CT molecular complexity index is 1200. The van der Waals surface area contributed by atoms with Gasteiger partial charge in [-0.2, -0.15) is 5.06 Å². The van der Waals surface area contributed by atoms with E-state index in [1.807, 2.05) is 18.2 Å². The van der Waals surface area contributed by atoms with Crippen molar-refractivity contribution in [3.63, 3.8) is 0 Å². The number of nitrogens with zero attached hydrogens (tertiary/aromatic N) is 2. The van der Waals surface area contributed by atoms with Crippen LogP contribution in [0.15, 0.2) is 60.7 Å². The van der Waals surface area contributed by atoms with E-state index < -0.39 is 8.15 Å². The van der Waals surface area contributed by atoms with Gasteiger partial charge in [0.15, 0.2) is 0 Å². The number of nitrogens with one attached hydrogen (secondary N) is 2. The van der Waals surface area contributed by atoms with E-state index in [1.165, 1.54) is 22.4 Å². The zero-order valence-electron chi connectivity index (χ0n) is 18.1. The van der Waals surface area contributed by atoms with Crippen LogP contribution in [0.25, 0.3) is 22.4 Å². The Kier molecular flexibility index (Phi) is 5.49. The molecule has 5 rings (SSSR count). The number of aromatic nitrogens is 2. The highest BCUT2D eigenvalue weighted by Gasteiger charge is 2.20. The third-order valence-electron chi connectivity index (χ3n) is 5.67. The molecule has 0 amide bonds. The van der Waals surface area contributed by atoms with Crippen molar-refractivity contribution in [2.45, 2.75) is 19.9 Å². The van der Waals surface area contributed by atoms with Crippen molar-refractivity contribution >= 4 is 30.6 Å². The second-order valence-electron chi connectivity index (χ2n) is 8.21. The van der Waals surface area contributed by atoms with E-state index >= 15 is 0 Å². The molecule has 1 aliphatic rings. The van der Waals surface area contributed by atoms with Crippen molar-refractivity contribution in [1.82, 2.24) is 15.0 Å². The molecule has 0 spiro atoms. The lowest BCUT2D eigenvalue weighted by molar-refractivity contribution is -0.0592. The molecule has 0 fully saturated rings. The standard InChI is InChI=1S/C25H27N4OP/c1-17-11-12-19(15-21(17)25-27-23-8-4-5-9-24(23)28-25)26-22-10-6-7-18-16-29(30-31(2)3)14-13-20(18)22/h4-12,15,26H,13-14,16H2,1-3H3,(H,27,28). The minimum absolute atomic E-state index is 0.396. The van der Waals surface area contributed by atoms with Crippen LogP contribution in [0.3, 0.4) is 0 Å². The first-order chi connectivity index (χ1) is 15.1. The van der Waals surface area contributed by atoms with Gasteiger partial charge in [-0.05, 0) is 73.7 Å². The van der Waals surface area contributed by atoms with Crippen molar-refractivity contribution in [3.05, 3.63) is 77.4 Å². The Labute approximate surface area is 184 Å². The van der Waals surface area contributed by atoms with Crippen LogP contribution < -0.4 is 5.32 Å². The summed E-state index contributed by atoms with van der Waals surface area (Å²) < 4.78 is 5.98. The summed E-state index contributed by atoms with van der Waals surface area (Å²) in [5.41, 5.74) is 9.31. The fraction of sp³-hybridized carbons (Fsp3) is 0.240. The number of H-pyrrole nitrogens is 1. The number of anilines is 2. The molecule has 0 radical (unpaired) electrons. The van der Waals surface area contributed by atoms with E-state index in [-0.39, 0.29) is 0 Å². The van der Waals surface area contributed by atoms with E-state index in [0.29, 0.717) is 0 Å². The van der Waals surface area contributed by atoms with Crippen LogP contribution in [-0.4, -0.2) is 34.9 Å². The van der Waals surface area contributed by atoms with E-state index in [9.17, 15) is 0 Å². The Morgan fingerprint density at radius 3 is 2.77 bits per heavy atom. The number of benzene rings is 3. The Hall–Kier alpha value is -2.72. The second kappa shape index (κ2) is 8.43. The van der Waals surface area contributed by atoms with Gasteiger partial charge < -0.3 is 10.3 Å². The van der Waals surface area contributed by atoms with Crippen molar-refractivity contribution in [3.8, 4) is 11.4 Å². The quantitative estimate of drug-likeness (QED) is 0.369. The average molecular weight is 430 g/mol. The van der Waals surface area contributed by atoms with Crippen LogP contribution in [-0.2, 0) is 17.6 Å². The van der Waals surface area contributed by atoms with E-state index in [4.69, 9.17) is 9.61 Å². The number of hydrogen-bond donors (Lipinski definition) is 2. The minimum Gasteiger partial charge on any atom is -0.355 e. The van der Waals surface area contributed by atoms with Crippen molar-refractivity contribution in [2.24, 2.45) is 0 Å². The molecule has 1 aliphatic heterocycles. The molecule has 3 aromatic carbocycles. The van der Waals surface area contributed by atoms with Gasteiger partial charge >= 0.3 is 0 Å². The smallest absolute Gasteiger partial charge is 0.138 e. The molecule has 0 bridgehead atoms. The summed E-state index contributed by atoms with van der Waals surface area (Å²) in [5.74, 6) is 0.904. The summed E-state index contributed by atoms with van der Waals surface area (Å²) in [6, 6.07) is 21.1. The van der Waals surface area contributed by atoms with Crippen LogP contribution >= 0.6 is 8.15 Å². The number of para-hydroxylation sites is 2. The van der Waals surface area contributed by atoms with E-state index in [0.717, 1.165) is 47.6 Å². The molecular formula is C25H27N4OP. The third kappa shape index (κ3) is 4.22. The fourth-order valence-corrected chi connectivity index (χ4v) is 4.79. The van der Waals surface area contributed by atoms with Gasteiger partial charge in [-0.15, -0.1) is 0 Å². The Morgan fingerprint density at radius 1 is 1.06 bits per heavy atom. The highest BCUT2D eigenvalue weighted by atomic mass is 31.1. The summed E-state index contributed by atoms with van der Waals surface area (Å²) in [7, 11) is -0.396. The molecular weight excluding hydrogens is 403 g/mol. The molecule has 4 aromatic rings. The fourth-order valence-electron chi connectivity index (χ4n) is 4.19. The monoisotopic (exact) mass is 430 g/mol. The highest BCUT2D eigenvalue weighted by Crippen LogP contribution is 2.34. The lowest BCUT2D eigenvalue weighted by atomic mass is 9.98. The number of hydroxylamine groups is 2. The normalized spacial score (nSPS) is 14.2. The first kappa shape index (κ1) is 20.2. The molecule has 0 aliphatic carbocycles. The first-order valence-electron chi connectivity index (χ1n) is 10.6. The minimum atomic E-state index is -0.396. The van der Waals surface area contributed by atoms with Crippen molar-refractivity contribution in [2.75, 3.05) is 25.2 Å². The van der Waals surface area contributed by atoms with Gasteiger partial charge in [0, 0.05) is 38.2 Å². The Balaban J connectivity index is 1.43. The summed E-state index contributed by atoms with van der Waals surface area (Å²) in [5, 5.41) is 5.76. The Morgan fingerprint density at radius 2 is 1.94 bits per heavy atom. The van der Waals surface area contributed by atoms with Gasteiger partial charge in [0.25, 0.3) is 0 Å². The molecule has 1 aromatic heterocycles. The number of aromatic amines is 1. The molecule has 0 saturated carbocycles. The molecule has 31 heavy (non-hydrogen) atoms. The van der Waals surface area contributed by atoms with Gasteiger partial charge in [-0.3, -0.25) is 4.62 Å². The zero-order chi connectivity index (χ0) is 21.4. The molecule has 2 heterocycles. The summed E-state index contributed by atoms with van der Waals surface area (Å²) >= 11 is 0. The summed E-state index contributed by atoms with van der Waals surface area (Å²) in [6.45, 7) is 8.16. The summed E-state index contributed by atoms with van der Waals surface area (Å²) in [4.78, 5) is 8.25. The average Bonchev–Trinajstić information content (AvgIpc) is 3.19. The molecule has 0 saturated heterocycles. The van der Waals surface area contributed by atoms with E-state index in [1.54, 1.807) is 0 Å². The van der Waals surface area contributed by atoms with Gasteiger partial charge in [0.1, 0.15) is 5.82 Å². The second-order valence-corrected chi connectivity index (χ2v) is 10.00. The van der Waals surface area contributed by atoms with E-state index in [2.05, 4.69) is 78.1 Å². The topological polar surface area (TPSA) is 53.2 Å². The number of aryl methyl sites for hydroxylation is 1. The SMILES string of the molecule is Cc1ccc(Nc2cccc3c2CCN(OP(C)C)C3)cc1-c1nc2ccccc2[nH]1. The van der Waals surface area contributed by atoms with Crippen LogP contribution in [0.1, 0.15) is 16.7 Å². The number of hydrogen-bond acceptors (Lipinski definition) is 4. The maximum atomic E-state index is 5.98. The lowest BCUT2D eigenvalue weighted by Gasteiger charge is -2.30. The maximum Gasteiger partial charge on any atom is 0.138 e. The molecule has 0 unspecified atom stereocenters. The zero-order valence-corrected chi connectivity index (χ0v) is 19.0. The van der Waals surface area contributed by atoms with Gasteiger partial charge in [0.05, 0.1) is 11.0 Å². The molecule has 158 valence electrons. The van der Waals surface area contributed by atoms with Crippen LogP contribution in [0.5, 0.6) is 0 Å². The molecule has 0 atom stereocenters. The van der Waals surface area contributed by atoms with Crippen LogP contribution in [0.4, 0.5) is 11.4 Å². The first-order valence-corrected chi connectivity index (χ1v) is 12.8. The predicted octanol–water partition coefficient (Wildman–Crippen LogP) is 6.23. The number of rotatable bonds is 5. The lowest BCUT2D eigenvalue weighted by Crippen LogP contribution is -2.29. The van der Waals surface area contributed by atoms with Crippen molar-refractivity contribution in [1.29, 1.82) is 0 Å². The van der Waals surface area contributed by atoms with Gasteiger partial charge in [-0.25, -0.2) is 4.98 Å². The largest absolute Gasteiger partial charge is 0.355 e. The molecule has 5 nitrogen and oxygen atoms in total. The summed E-state index contributed by atoms with van der Waals surface area (Å²) in [6.07, 6.45) is 0.976. The highest BCUT2D eigenvalue weighted by molar-refractivity contribution is 7.50. The molecule has 2 N–H and O–H groups in total. The number of imidazole rings is 1. The molecule has 6 heteroatoms. The predicted molar refractivity (Wildman–Crippen MR) is 130 cm³/mol. The van der Waals surface area contributed by atoms with Gasteiger partial charge in [0.2, 0.25) is 0 Å². The number of fused-ring (bicyclic) bond motifs is 2.